The predicted molar refractivity (Wildman–Crippen MR) is 110 cm³/mol. The van der Waals surface area contributed by atoms with Crippen LogP contribution in [0.2, 0.25) is 0 Å². The Hall–Kier alpha value is -1.63. The van der Waals surface area contributed by atoms with Crippen molar-refractivity contribution in [2.45, 2.75) is 78.9 Å². The van der Waals surface area contributed by atoms with Gasteiger partial charge in [0.1, 0.15) is 12.4 Å². The lowest BCUT2D eigenvalue weighted by Gasteiger charge is -2.26. The number of nitrogens with one attached hydrogen (secondary N) is 2. The zero-order valence-corrected chi connectivity index (χ0v) is 17.8. The van der Waals surface area contributed by atoms with Gasteiger partial charge in [0.15, 0.2) is 11.8 Å². The quantitative estimate of drug-likeness (QED) is 0.372. The lowest BCUT2D eigenvalue weighted by Crippen LogP contribution is -2.44. The zero-order chi connectivity index (χ0) is 19.7. The summed E-state index contributed by atoms with van der Waals surface area (Å²) in [4.78, 5) is 4.74. The van der Waals surface area contributed by atoms with Crippen molar-refractivity contribution in [2.24, 2.45) is 17.5 Å². The Kier molecular flexibility index (Phi) is 8.54. The number of hydrogen-bond donors (Lipinski definition) is 2. The minimum absolute atomic E-state index is 0.239. The second-order valence-electron chi connectivity index (χ2n) is 8.38. The first-order valence-corrected chi connectivity index (χ1v) is 10.4. The number of hydrogen-bond acceptors (Lipinski definition) is 4. The fraction of sp³-hybridized carbons (Fsp3) is 0.850. The molecule has 1 atom stereocenters. The summed E-state index contributed by atoms with van der Waals surface area (Å²) in [5, 5.41) is 15.3. The van der Waals surface area contributed by atoms with E-state index >= 15 is 0 Å². The molecule has 154 valence electrons. The van der Waals surface area contributed by atoms with E-state index in [0.29, 0.717) is 6.54 Å². The zero-order valence-electron chi connectivity index (χ0n) is 17.8. The fourth-order valence-corrected chi connectivity index (χ4v) is 3.19. The molecule has 0 bridgehead atoms. The first-order valence-electron chi connectivity index (χ1n) is 10.4. The van der Waals surface area contributed by atoms with Crippen molar-refractivity contribution >= 4 is 5.96 Å². The first-order chi connectivity index (χ1) is 12.9. The molecule has 27 heavy (non-hydrogen) atoms. The second kappa shape index (κ2) is 10.6. The van der Waals surface area contributed by atoms with Crippen LogP contribution in [0, 0.1) is 12.3 Å². The number of unbranched alkanes of at least 4 members (excludes halogenated alkanes) is 2. The number of aryl methyl sites for hydroxylation is 1. The Morgan fingerprint density at radius 2 is 2.11 bits per heavy atom. The Labute approximate surface area is 164 Å². The van der Waals surface area contributed by atoms with Gasteiger partial charge in [0.25, 0.3) is 0 Å². The number of aliphatic imine (C=N–C) groups is 1. The van der Waals surface area contributed by atoms with Crippen molar-refractivity contribution < 1.29 is 4.74 Å². The number of guanidine groups is 1. The molecule has 2 N–H and O–H groups in total. The molecule has 0 radical (unpaired) electrons. The van der Waals surface area contributed by atoms with Crippen LogP contribution >= 0.6 is 0 Å². The molecule has 1 fully saturated rings. The molecule has 0 spiro atoms. The average molecular weight is 379 g/mol. The van der Waals surface area contributed by atoms with Gasteiger partial charge in [-0.2, -0.15) is 0 Å². The Morgan fingerprint density at radius 3 is 2.74 bits per heavy atom. The standard InChI is InChI=1S/C20H38N6O/c1-6-7-8-11-20(3,4)15-23-19(21-13-17-10-9-12-27-17)22-14-18-25-24-16(2)26(18)5/h17H,6-15H2,1-5H3,(H2,21,22,23). The normalized spacial score (nSPS) is 18.1. The minimum atomic E-state index is 0.239. The third kappa shape index (κ3) is 7.48. The molecule has 1 aromatic heterocycles. The van der Waals surface area contributed by atoms with E-state index in [-0.39, 0.29) is 11.5 Å². The largest absolute Gasteiger partial charge is 0.376 e. The molecule has 2 rings (SSSR count). The molecule has 1 aromatic rings. The van der Waals surface area contributed by atoms with Gasteiger partial charge in [0.05, 0.1) is 6.10 Å². The number of ether oxygens (including phenoxy) is 1. The van der Waals surface area contributed by atoms with Crippen LogP contribution in [0.4, 0.5) is 0 Å². The van der Waals surface area contributed by atoms with E-state index in [1.807, 2.05) is 18.5 Å². The summed E-state index contributed by atoms with van der Waals surface area (Å²) in [5.41, 5.74) is 0.239. The third-order valence-electron chi connectivity index (χ3n) is 5.27. The van der Waals surface area contributed by atoms with E-state index in [0.717, 1.165) is 50.1 Å². The molecule has 1 saturated heterocycles. The van der Waals surface area contributed by atoms with Crippen LogP contribution in [-0.2, 0) is 18.3 Å². The van der Waals surface area contributed by atoms with Gasteiger partial charge in [0, 0.05) is 26.7 Å². The summed E-state index contributed by atoms with van der Waals surface area (Å²) < 4.78 is 7.71. The predicted octanol–water partition coefficient (Wildman–Crippen LogP) is 2.94. The first kappa shape index (κ1) is 21.7. The van der Waals surface area contributed by atoms with Gasteiger partial charge in [-0.1, -0.05) is 40.0 Å². The van der Waals surface area contributed by atoms with Crippen LogP contribution < -0.4 is 10.6 Å². The van der Waals surface area contributed by atoms with Crippen LogP contribution in [0.5, 0.6) is 0 Å². The van der Waals surface area contributed by atoms with E-state index in [9.17, 15) is 0 Å². The molecule has 7 heteroatoms. The number of nitrogens with zero attached hydrogens (tertiary/aromatic N) is 4. The van der Waals surface area contributed by atoms with E-state index < -0.39 is 0 Å². The summed E-state index contributed by atoms with van der Waals surface area (Å²) in [6, 6.07) is 0. The second-order valence-corrected chi connectivity index (χ2v) is 8.38. The summed E-state index contributed by atoms with van der Waals surface area (Å²) in [5.74, 6) is 2.60. The highest BCUT2D eigenvalue weighted by atomic mass is 16.5. The number of aromatic nitrogens is 3. The molecule has 0 aliphatic carbocycles. The van der Waals surface area contributed by atoms with E-state index in [2.05, 4.69) is 41.6 Å². The van der Waals surface area contributed by atoms with Gasteiger partial charge in [0.2, 0.25) is 0 Å². The highest BCUT2D eigenvalue weighted by Gasteiger charge is 2.19. The highest BCUT2D eigenvalue weighted by molar-refractivity contribution is 5.79. The third-order valence-corrected chi connectivity index (χ3v) is 5.27. The van der Waals surface area contributed by atoms with Crippen molar-refractivity contribution in [2.75, 3.05) is 19.7 Å². The molecule has 0 saturated carbocycles. The molecule has 2 heterocycles. The lowest BCUT2D eigenvalue weighted by molar-refractivity contribution is 0.113. The van der Waals surface area contributed by atoms with Crippen LogP contribution in [0.25, 0.3) is 0 Å². The molecule has 1 aliphatic rings. The summed E-state index contributed by atoms with van der Waals surface area (Å²) in [7, 11) is 1.98. The summed E-state index contributed by atoms with van der Waals surface area (Å²) in [6.07, 6.45) is 7.60. The van der Waals surface area contributed by atoms with Crippen molar-refractivity contribution in [1.82, 2.24) is 25.4 Å². The van der Waals surface area contributed by atoms with Crippen LogP contribution in [-0.4, -0.2) is 46.5 Å². The van der Waals surface area contributed by atoms with E-state index in [1.165, 1.54) is 25.7 Å². The molecule has 7 nitrogen and oxygen atoms in total. The van der Waals surface area contributed by atoms with Gasteiger partial charge in [-0.25, -0.2) is 4.99 Å². The summed E-state index contributed by atoms with van der Waals surface area (Å²) >= 11 is 0. The monoisotopic (exact) mass is 378 g/mol. The van der Waals surface area contributed by atoms with E-state index in [1.54, 1.807) is 0 Å². The SMILES string of the molecule is CCCCCC(C)(C)CNC(=NCc1nnc(C)n1C)NCC1CCCO1. The topological polar surface area (TPSA) is 76.4 Å². The minimum Gasteiger partial charge on any atom is -0.376 e. The van der Waals surface area contributed by atoms with Gasteiger partial charge in [-0.05, 0) is 31.6 Å². The Morgan fingerprint density at radius 1 is 1.30 bits per heavy atom. The van der Waals surface area contributed by atoms with Crippen LogP contribution in [0.1, 0.15) is 70.9 Å². The summed E-state index contributed by atoms with van der Waals surface area (Å²) in [6.45, 7) is 11.9. The van der Waals surface area contributed by atoms with Gasteiger partial charge >= 0.3 is 0 Å². The molecule has 0 amide bonds. The maximum atomic E-state index is 5.73. The smallest absolute Gasteiger partial charge is 0.191 e. The number of rotatable bonds is 10. The van der Waals surface area contributed by atoms with Gasteiger partial charge in [-0.3, -0.25) is 0 Å². The van der Waals surface area contributed by atoms with Crippen LogP contribution in [0.3, 0.4) is 0 Å². The molecule has 1 unspecified atom stereocenters. The Bertz CT molecular complexity index is 589. The van der Waals surface area contributed by atoms with Crippen molar-refractivity contribution in [3.05, 3.63) is 11.6 Å². The van der Waals surface area contributed by atoms with Crippen molar-refractivity contribution in [3.63, 3.8) is 0 Å². The maximum Gasteiger partial charge on any atom is 0.191 e. The Balaban J connectivity index is 1.93. The molecule has 0 aromatic carbocycles. The van der Waals surface area contributed by atoms with Gasteiger partial charge < -0.3 is 19.9 Å². The fourth-order valence-electron chi connectivity index (χ4n) is 3.19. The lowest BCUT2D eigenvalue weighted by atomic mass is 9.87. The van der Waals surface area contributed by atoms with Crippen LogP contribution in [0.15, 0.2) is 4.99 Å². The van der Waals surface area contributed by atoms with Gasteiger partial charge in [-0.15, -0.1) is 10.2 Å². The average Bonchev–Trinajstić information content (AvgIpc) is 3.26. The van der Waals surface area contributed by atoms with E-state index in [4.69, 9.17) is 9.73 Å². The molecular formula is C20H38N6O. The van der Waals surface area contributed by atoms with Crippen molar-refractivity contribution in [3.8, 4) is 0 Å². The highest BCUT2D eigenvalue weighted by Crippen LogP contribution is 2.22. The molecule has 1 aliphatic heterocycles. The maximum absolute atomic E-state index is 5.73. The molecular weight excluding hydrogens is 340 g/mol. The van der Waals surface area contributed by atoms with Crippen molar-refractivity contribution in [1.29, 1.82) is 0 Å².